The monoisotopic (exact) mass is 199 g/mol. The van der Waals surface area contributed by atoms with Crippen LogP contribution in [0.2, 0.25) is 0 Å². The molecule has 0 aliphatic rings. The summed E-state index contributed by atoms with van der Waals surface area (Å²) in [4.78, 5) is 0. The molecule has 0 unspecified atom stereocenters. The van der Waals surface area contributed by atoms with Crippen molar-refractivity contribution < 1.29 is 45.7 Å². The van der Waals surface area contributed by atoms with Crippen molar-refractivity contribution in [1.82, 2.24) is 0 Å². The van der Waals surface area contributed by atoms with Gasteiger partial charge in [-0.05, 0) is 0 Å². The van der Waals surface area contributed by atoms with Gasteiger partial charge in [0.15, 0.2) is 0 Å². The Hall–Kier alpha value is 1.40. The molecule has 0 amide bonds. The minimum absolute atomic E-state index is 0. The average Bonchev–Trinajstić information content (AvgIpc) is 0.722. The van der Waals surface area contributed by atoms with E-state index in [9.17, 15) is 0 Å². The first kappa shape index (κ1) is 15.8. The molecule has 0 aromatic heterocycles. The molecule has 0 aromatic carbocycles. The van der Waals surface area contributed by atoms with Crippen LogP contribution in [0.5, 0.6) is 0 Å². The molecule has 0 aliphatic carbocycles. The van der Waals surface area contributed by atoms with E-state index in [2.05, 4.69) is 0 Å². The Morgan fingerprint density at radius 3 is 1.14 bits per heavy atom. The molecule has 0 saturated heterocycles. The predicted octanol–water partition coefficient (Wildman–Crippen LogP) is -1.57. The summed E-state index contributed by atoms with van der Waals surface area (Å²) in [5.41, 5.74) is 0. The van der Waals surface area contributed by atoms with Gasteiger partial charge in [0.2, 0.25) is 0 Å². The first-order valence-corrected chi connectivity index (χ1v) is 2.61. The fraction of sp³-hybridized carbons (Fsp3) is 0. The summed E-state index contributed by atoms with van der Waals surface area (Å²) in [6.45, 7) is 0. The van der Waals surface area contributed by atoms with Crippen LogP contribution in [0.1, 0.15) is 0 Å². The fourth-order valence-corrected chi connectivity index (χ4v) is 0. The van der Waals surface area contributed by atoms with Crippen LogP contribution in [0.4, 0.5) is 0 Å². The van der Waals surface area contributed by atoms with E-state index < -0.39 is 13.0 Å². The van der Waals surface area contributed by atoms with Crippen LogP contribution in [0.15, 0.2) is 0 Å². The zero-order valence-corrected chi connectivity index (χ0v) is 4.79. The van der Waals surface area contributed by atoms with Crippen molar-refractivity contribution in [3.05, 3.63) is 0 Å². The van der Waals surface area contributed by atoms with Gasteiger partial charge in [0.05, 0.1) is 0 Å². The van der Waals surface area contributed by atoms with Crippen LogP contribution in [0.3, 0.4) is 0 Å². The van der Waals surface area contributed by atoms with E-state index in [1.807, 2.05) is 0 Å². The topological polar surface area (TPSA) is 71.4 Å². The summed E-state index contributed by atoms with van der Waals surface area (Å²) < 4.78 is 33.1. The van der Waals surface area contributed by atoms with Gasteiger partial charge in [-0.25, -0.2) is 0 Å². The summed E-state index contributed by atoms with van der Waals surface area (Å²) in [5, 5.41) is 0. The summed E-state index contributed by atoms with van der Waals surface area (Å²) >= 11 is -5.38. The SMILES string of the molecule is [Mn].[NaH].[O]=[Mn](=[O])(=[O])[OH]. The van der Waals surface area contributed by atoms with Crippen molar-refractivity contribution in [2.24, 2.45) is 0 Å². The van der Waals surface area contributed by atoms with Crippen LogP contribution in [-0.2, 0) is 41.5 Å². The second-order valence-corrected chi connectivity index (χ2v) is 1.63. The number of rotatable bonds is 0. The van der Waals surface area contributed by atoms with E-state index in [1.165, 1.54) is 0 Å². The van der Waals surface area contributed by atoms with E-state index in [-0.39, 0.29) is 46.6 Å². The van der Waals surface area contributed by atoms with Crippen LogP contribution in [0, 0.1) is 0 Å². The molecule has 0 saturated carbocycles. The minimum atomic E-state index is -5.38. The van der Waals surface area contributed by atoms with E-state index in [4.69, 9.17) is 15.7 Å². The molecule has 0 aliphatic heterocycles. The van der Waals surface area contributed by atoms with Gasteiger partial charge < -0.3 is 0 Å². The number of hydrogen-bond acceptors (Lipinski definition) is 3. The van der Waals surface area contributed by atoms with E-state index >= 15 is 0 Å². The zero-order chi connectivity index (χ0) is 4.50. The van der Waals surface area contributed by atoms with Crippen molar-refractivity contribution in [3.63, 3.8) is 0 Å². The Bertz CT molecular complexity index is 131. The molecule has 1 radical (unpaired) electrons. The van der Waals surface area contributed by atoms with Crippen molar-refractivity contribution in [2.75, 3.05) is 0 Å². The van der Waals surface area contributed by atoms with E-state index in [1.54, 1.807) is 0 Å². The van der Waals surface area contributed by atoms with Crippen molar-refractivity contribution >= 4 is 29.6 Å². The van der Waals surface area contributed by atoms with E-state index in [0.717, 1.165) is 0 Å². The van der Waals surface area contributed by atoms with E-state index in [0.29, 0.717) is 0 Å². The third-order valence-electron chi connectivity index (χ3n) is 0. The van der Waals surface area contributed by atoms with Gasteiger partial charge in [0, 0.05) is 17.1 Å². The van der Waals surface area contributed by atoms with Gasteiger partial charge >= 0.3 is 58.2 Å². The second kappa shape index (κ2) is 5.53. The van der Waals surface area contributed by atoms with Crippen LogP contribution >= 0.6 is 0 Å². The predicted molar refractivity (Wildman–Crippen MR) is 11.4 cm³/mol. The summed E-state index contributed by atoms with van der Waals surface area (Å²) in [6, 6.07) is 0. The normalized spacial score (nSPS) is 8.14. The van der Waals surface area contributed by atoms with Gasteiger partial charge in [0.1, 0.15) is 0 Å². The summed E-state index contributed by atoms with van der Waals surface area (Å²) in [7, 11) is 0. The Morgan fingerprint density at radius 1 is 1.14 bits per heavy atom. The quantitative estimate of drug-likeness (QED) is 0.478. The molecule has 7 heavy (non-hydrogen) atoms. The Labute approximate surface area is 74.6 Å². The molecule has 0 atom stereocenters. The molecule has 0 aromatic rings. The summed E-state index contributed by atoms with van der Waals surface area (Å²) in [5.74, 6) is 0. The maximum atomic E-state index is 8.69. The molecule has 7 heteroatoms. The van der Waals surface area contributed by atoms with Crippen LogP contribution in [-0.4, -0.2) is 33.7 Å². The fourth-order valence-electron chi connectivity index (χ4n) is 0. The molecule has 0 fully saturated rings. The standard InChI is InChI=1S/2Mn.Na.H2O.3O.H/h;;;1H2;;;;/q;+1;;;;;;/p-1. The molecule has 1 N–H and O–H groups in total. The third kappa shape index (κ3) is 110. The summed E-state index contributed by atoms with van der Waals surface area (Å²) in [6.07, 6.45) is 0. The van der Waals surface area contributed by atoms with Gasteiger partial charge in [-0.15, -0.1) is 0 Å². The Morgan fingerprint density at radius 2 is 1.14 bits per heavy atom. The Kier molecular flexibility index (Phi) is 12.5. The first-order chi connectivity index (χ1) is 2.00. The van der Waals surface area contributed by atoms with Gasteiger partial charge in [-0.1, -0.05) is 0 Å². The first-order valence-electron chi connectivity index (χ1n) is 0.632. The van der Waals surface area contributed by atoms with Crippen molar-refractivity contribution in [1.29, 1.82) is 0 Å². The van der Waals surface area contributed by atoms with Crippen LogP contribution < -0.4 is 0 Å². The molecular formula is H2Mn2NaO4. The molecular weight excluding hydrogens is 197 g/mol. The van der Waals surface area contributed by atoms with Crippen LogP contribution in [0.25, 0.3) is 0 Å². The maximum absolute atomic E-state index is 8.69. The third-order valence-corrected chi connectivity index (χ3v) is 0. The number of hydrogen-bond donors (Lipinski definition) is 1. The second-order valence-electron chi connectivity index (χ2n) is 0.396. The van der Waals surface area contributed by atoms with Gasteiger partial charge in [0.25, 0.3) is 0 Å². The molecule has 0 spiro atoms. The van der Waals surface area contributed by atoms with Crippen molar-refractivity contribution in [2.45, 2.75) is 0 Å². The Balaban J connectivity index is -0.0000000800. The average molecular weight is 199 g/mol. The zero-order valence-electron chi connectivity index (χ0n) is 2.43. The molecule has 4 nitrogen and oxygen atoms in total. The molecule has 41 valence electrons. The molecule has 0 bridgehead atoms. The molecule has 0 heterocycles. The van der Waals surface area contributed by atoms with Gasteiger partial charge in [-0.3, -0.25) is 0 Å². The van der Waals surface area contributed by atoms with Gasteiger partial charge in [-0.2, -0.15) is 0 Å². The van der Waals surface area contributed by atoms with Crippen molar-refractivity contribution in [3.8, 4) is 0 Å². The molecule has 0 rings (SSSR count).